The Balaban J connectivity index is 2.07. The van der Waals surface area contributed by atoms with Crippen LogP contribution in [0.3, 0.4) is 0 Å². The van der Waals surface area contributed by atoms with E-state index in [2.05, 4.69) is 10.5 Å². The van der Waals surface area contributed by atoms with Gasteiger partial charge in [0.05, 0.1) is 7.11 Å². The molecule has 0 fully saturated rings. The summed E-state index contributed by atoms with van der Waals surface area (Å²) in [7, 11) is 1.56. The van der Waals surface area contributed by atoms with E-state index in [4.69, 9.17) is 9.15 Å². The van der Waals surface area contributed by atoms with E-state index in [1.807, 2.05) is 25.1 Å². The van der Waals surface area contributed by atoms with E-state index in [0.29, 0.717) is 22.4 Å². The molecule has 6 nitrogen and oxygen atoms in total. The third-order valence-corrected chi connectivity index (χ3v) is 3.68. The molecule has 0 aliphatic rings. The van der Waals surface area contributed by atoms with Crippen LogP contribution in [0.25, 0.3) is 11.0 Å². The van der Waals surface area contributed by atoms with Gasteiger partial charge in [0.25, 0.3) is 11.5 Å². The van der Waals surface area contributed by atoms with Gasteiger partial charge in [0.1, 0.15) is 16.9 Å². The van der Waals surface area contributed by atoms with Crippen LogP contribution in [0.15, 0.2) is 58.1 Å². The van der Waals surface area contributed by atoms with Gasteiger partial charge in [0, 0.05) is 11.1 Å². The molecule has 3 aromatic rings. The summed E-state index contributed by atoms with van der Waals surface area (Å²) in [5.41, 5.74) is 2.06. The summed E-state index contributed by atoms with van der Waals surface area (Å²) in [5.74, 6) is 0.210. The van der Waals surface area contributed by atoms with Gasteiger partial charge in [-0.3, -0.25) is 4.79 Å². The molecule has 3 rings (SSSR count). The summed E-state index contributed by atoms with van der Waals surface area (Å²) in [6.45, 7) is 1.89. The van der Waals surface area contributed by atoms with E-state index in [9.17, 15) is 10.0 Å². The zero-order valence-electron chi connectivity index (χ0n) is 13.2. The van der Waals surface area contributed by atoms with Gasteiger partial charge in [0.15, 0.2) is 0 Å². The van der Waals surface area contributed by atoms with Crippen molar-refractivity contribution < 1.29 is 19.2 Å². The minimum atomic E-state index is -0.425. The van der Waals surface area contributed by atoms with E-state index < -0.39 is 5.91 Å². The zero-order valence-corrected chi connectivity index (χ0v) is 13.2. The molecule has 1 amide bonds. The van der Waals surface area contributed by atoms with Crippen LogP contribution in [-0.2, 0) is 0 Å². The number of methoxy groups -OCH3 is 1. The number of benzene rings is 2. The van der Waals surface area contributed by atoms with Crippen LogP contribution in [0.5, 0.6) is 5.75 Å². The Bertz CT molecular complexity index is 976. The summed E-state index contributed by atoms with van der Waals surface area (Å²) in [5, 5.41) is 15.7. The second-order valence-corrected chi connectivity index (χ2v) is 5.24. The number of nitrogens with one attached hydrogen (secondary N) is 1. The van der Waals surface area contributed by atoms with Gasteiger partial charge in [-0.2, -0.15) is 0 Å². The van der Waals surface area contributed by atoms with Gasteiger partial charge in [-0.05, 0) is 48.0 Å². The van der Waals surface area contributed by atoms with Gasteiger partial charge in [0.2, 0.25) is 0 Å². The lowest BCUT2D eigenvalue weighted by Crippen LogP contribution is -2.22. The molecule has 0 saturated carbocycles. The van der Waals surface area contributed by atoms with E-state index >= 15 is 0 Å². The van der Waals surface area contributed by atoms with Crippen molar-refractivity contribution in [2.45, 2.75) is 6.92 Å². The predicted octanol–water partition coefficient (Wildman–Crippen LogP) is 3.29. The Labute approximate surface area is 138 Å². The van der Waals surface area contributed by atoms with Gasteiger partial charge in [-0.1, -0.05) is 18.2 Å². The molecule has 1 heterocycles. The fraction of sp³-hybridized carbons (Fsp3) is 0.111. The molecule has 24 heavy (non-hydrogen) atoms. The molecule has 0 atom stereocenters. The lowest BCUT2D eigenvalue weighted by atomic mass is 10.1. The van der Waals surface area contributed by atoms with Gasteiger partial charge >= 0.3 is 0 Å². The molecule has 0 aliphatic carbocycles. The van der Waals surface area contributed by atoms with Crippen LogP contribution in [0.1, 0.15) is 15.9 Å². The van der Waals surface area contributed by atoms with Gasteiger partial charge in [-0.15, -0.1) is 0 Å². The van der Waals surface area contributed by atoms with E-state index in [1.165, 1.54) is 0 Å². The number of aryl methyl sites for hydroxylation is 1. The van der Waals surface area contributed by atoms with E-state index in [0.717, 1.165) is 5.56 Å². The lowest BCUT2D eigenvalue weighted by molar-refractivity contribution is 0.102. The highest BCUT2D eigenvalue weighted by Gasteiger charge is 2.14. The number of rotatable bonds is 3. The van der Waals surface area contributed by atoms with Crippen molar-refractivity contribution in [1.82, 2.24) is 0 Å². The molecule has 2 aromatic carbocycles. The molecular formula is C18H16N2O4. The molecule has 2 N–H and O–H groups in total. The third-order valence-electron chi connectivity index (χ3n) is 3.68. The van der Waals surface area contributed by atoms with Gasteiger partial charge < -0.3 is 19.7 Å². The molecule has 0 aliphatic heterocycles. The van der Waals surface area contributed by atoms with Crippen molar-refractivity contribution in [3.63, 3.8) is 0 Å². The number of hydrogen-bond acceptors (Lipinski definition) is 5. The minimum Gasteiger partial charge on any atom is -0.497 e. The van der Waals surface area contributed by atoms with Crippen molar-refractivity contribution in [3.05, 3.63) is 65.2 Å². The number of carbonyl (C=O) groups is 1. The maximum Gasteiger partial charge on any atom is 0.268 e. The smallest absolute Gasteiger partial charge is 0.268 e. The number of hydrogen-bond donors (Lipinski definition) is 2. The van der Waals surface area contributed by atoms with Gasteiger partial charge in [-0.25, -0.2) is 0 Å². The average Bonchev–Trinajstić information content (AvgIpc) is 2.61. The molecule has 0 spiro atoms. The lowest BCUT2D eigenvalue weighted by Gasteiger charge is -2.09. The number of ether oxygens (including phenoxy) is 1. The maximum atomic E-state index is 12.6. The molecule has 122 valence electrons. The number of amides is 1. The number of nitrogens with zero attached hydrogens (tertiary/aromatic N) is 1. The number of fused-ring (bicyclic) bond motifs is 1. The summed E-state index contributed by atoms with van der Waals surface area (Å²) < 4.78 is 10.7. The van der Waals surface area contributed by atoms with Crippen LogP contribution in [0, 0.1) is 6.92 Å². The summed E-state index contributed by atoms with van der Waals surface area (Å²) >= 11 is 0. The van der Waals surface area contributed by atoms with Crippen molar-refractivity contribution in [2.24, 2.45) is 5.16 Å². The molecular weight excluding hydrogens is 308 g/mol. The van der Waals surface area contributed by atoms with Crippen molar-refractivity contribution >= 4 is 22.6 Å². The maximum absolute atomic E-state index is 12.6. The SMILES string of the molecule is COc1ccc2o/c(=N\O)c(C(=O)Nc3ccccc3C)cc2c1. The topological polar surface area (TPSA) is 84.1 Å². The summed E-state index contributed by atoms with van der Waals surface area (Å²) in [4.78, 5) is 12.6. The first-order valence-corrected chi connectivity index (χ1v) is 7.29. The molecule has 0 radical (unpaired) electrons. The Morgan fingerprint density at radius 1 is 1.21 bits per heavy atom. The average molecular weight is 324 g/mol. The Morgan fingerprint density at radius 2 is 2.00 bits per heavy atom. The van der Waals surface area contributed by atoms with Crippen molar-refractivity contribution in [3.8, 4) is 5.75 Å². The van der Waals surface area contributed by atoms with Crippen LogP contribution < -0.4 is 15.6 Å². The first kappa shape index (κ1) is 15.6. The Kier molecular flexibility index (Phi) is 4.20. The minimum absolute atomic E-state index is 0.126. The van der Waals surface area contributed by atoms with Crippen LogP contribution in [-0.4, -0.2) is 18.2 Å². The normalized spacial score (nSPS) is 11.5. The fourth-order valence-electron chi connectivity index (χ4n) is 2.38. The molecule has 6 heteroatoms. The molecule has 0 bridgehead atoms. The highest BCUT2D eigenvalue weighted by molar-refractivity contribution is 6.05. The molecule has 0 unspecified atom stereocenters. The fourth-order valence-corrected chi connectivity index (χ4v) is 2.38. The third kappa shape index (κ3) is 2.94. The summed E-state index contributed by atoms with van der Waals surface area (Å²) in [6.07, 6.45) is 0. The first-order chi connectivity index (χ1) is 11.6. The standard InChI is InChI=1S/C18H16N2O4/c1-11-5-3-4-6-15(11)19-17(21)14-10-12-9-13(23-2)7-8-16(12)24-18(14)20-22/h3-10,22H,1-2H3,(H,19,21)/b20-18-. The highest BCUT2D eigenvalue weighted by Crippen LogP contribution is 2.21. The number of para-hydroxylation sites is 1. The zero-order chi connectivity index (χ0) is 17.1. The number of anilines is 1. The highest BCUT2D eigenvalue weighted by atomic mass is 16.5. The van der Waals surface area contributed by atoms with Crippen LogP contribution >= 0.6 is 0 Å². The molecule has 1 aromatic heterocycles. The predicted molar refractivity (Wildman–Crippen MR) is 89.2 cm³/mol. The Hall–Kier alpha value is -3.28. The second-order valence-electron chi connectivity index (χ2n) is 5.24. The number of carbonyl (C=O) groups excluding carboxylic acids is 1. The van der Waals surface area contributed by atoms with Crippen molar-refractivity contribution in [1.29, 1.82) is 0 Å². The van der Waals surface area contributed by atoms with Crippen LogP contribution in [0.4, 0.5) is 5.69 Å². The van der Waals surface area contributed by atoms with E-state index in [-0.39, 0.29) is 11.1 Å². The first-order valence-electron chi connectivity index (χ1n) is 7.29. The van der Waals surface area contributed by atoms with Crippen molar-refractivity contribution in [2.75, 3.05) is 12.4 Å². The summed E-state index contributed by atoms with van der Waals surface area (Å²) in [6, 6.07) is 14.2. The van der Waals surface area contributed by atoms with E-state index in [1.54, 1.807) is 37.4 Å². The monoisotopic (exact) mass is 324 g/mol. The van der Waals surface area contributed by atoms with Crippen LogP contribution in [0.2, 0.25) is 0 Å². The quantitative estimate of drug-likeness (QED) is 0.572. The molecule has 0 saturated heterocycles. The second kappa shape index (κ2) is 6.45. The largest absolute Gasteiger partial charge is 0.497 e. The Morgan fingerprint density at radius 3 is 2.71 bits per heavy atom.